The summed E-state index contributed by atoms with van der Waals surface area (Å²) < 4.78 is 0. The minimum absolute atomic E-state index is 0.0955. The molecule has 28 heavy (non-hydrogen) atoms. The lowest BCUT2D eigenvalue weighted by atomic mass is 9.81. The Morgan fingerprint density at radius 2 is 1.71 bits per heavy atom. The summed E-state index contributed by atoms with van der Waals surface area (Å²) >= 11 is 7.12. The Hall–Kier alpha value is -2.63. The van der Waals surface area contributed by atoms with Crippen LogP contribution in [-0.4, -0.2) is 17.0 Å². The maximum absolute atomic E-state index is 12.7. The van der Waals surface area contributed by atoms with Crippen LogP contribution in [0.5, 0.6) is 0 Å². The average Bonchev–Trinajstić information content (AvgIpc) is 3.06. The Balaban J connectivity index is 1.83. The molecule has 0 fully saturated rings. The largest absolute Gasteiger partial charge is 0.478 e. The zero-order valence-corrected chi connectivity index (χ0v) is 17.1. The minimum atomic E-state index is -1.08. The molecule has 6 heteroatoms. The number of halogens is 1. The monoisotopic (exact) mass is 413 g/mol. The van der Waals surface area contributed by atoms with Crippen molar-refractivity contribution >= 4 is 39.8 Å². The molecule has 1 amide bonds. The van der Waals surface area contributed by atoms with Crippen molar-refractivity contribution in [2.24, 2.45) is 0 Å². The van der Waals surface area contributed by atoms with Gasteiger partial charge in [-0.25, -0.2) is 4.79 Å². The van der Waals surface area contributed by atoms with Gasteiger partial charge in [0.1, 0.15) is 10.6 Å². The molecule has 0 atom stereocenters. The number of anilines is 1. The van der Waals surface area contributed by atoms with Crippen molar-refractivity contribution < 1.29 is 14.7 Å². The van der Waals surface area contributed by atoms with Crippen molar-refractivity contribution in [1.29, 1.82) is 0 Å². The number of aromatic carboxylic acids is 1. The molecule has 1 heterocycles. The van der Waals surface area contributed by atoms with E-state index in [-0.39, 0.29) is 23.3 Å². The molecule has 0 aliphatic rings. The Morgan fingerprint density at radius 3 is 2.32 bits per heavy atom. The third kappa shape index (κ3) is 4.43. The summed E-state index contributed by atoms with van der Waals surface area (Å²) in [5.41, 5.74) is 2.08. The van der Waals surface area contributed by atoms with Crippen molar-refractivity contribution in [2.75, 3.05) is 5.32 Å². The first kappa shape index (κ1) is 20.1. The molecular weight excluding hydrogens is 394 g/mol. The average molecular weight is 414 g/mol. The van der Waals surface area contributed by atoms with Gasteiger partial charge in [0.15, 0.2) is 0 Å². The van der Waals surface area contributed by atoms with Gasteiger partial charge in [0.25, 0.3) is 0 Å². The van der Waals surface area contributed by atoms with Crippen LogP contribution >= 0.6 is 22.9 Å². The van der Waals surface area contributed by atoms with Gasteiger partial charge in [0.2, 0.25) is 5.91 Å². The van der Waals surface area contributed by atoms with Crippen molar-refractivity contribution in [1.82, 2.24) is 0 Å². The number of benzene rings is 2. The highest BCUT2D eigenvalue weighted by Crippen LogP contribution is 2.37. The zero-order valence-electron chi connectivity index (χ0n) is 15.5. The van der Waals surface area contributed by atoms with Crippen LogP contribution in [0, 0.1) is 0 Å². The first-order valence-electron chi connectivity index (χ1n) is 8.74. The normalized spacial score (nSPS) is 11.2. The van der Waals surface area contributed by atoms with Gasteiger partial charge in [-0.05, 0) is 28.7 Å². The predicted octanol–water partition coefficient (Wildman–Crippen LogP) is 6.07. The molecule has 0 aliphatic heterocycles. The highest BCUT2D eigenvalue weighted by molar-refractivity contribution is 7.15. The summed E-state index contributed by atoms with van der Waals surface area (Å²) in [5, 5.41) is 15.2. The summed E-state index contributed by atoms with van der Waals surface area (Å²) in [7, 11) is 0. The molecule has 0 saturated heterocycles. The predicted molar refractivity (Wildman–Crippen MR) is 114 cm³/mol. The van der Waals surface area contributed by atoms with Crippen LogP contribution in [0.4, 0.5) is 5.00 Å². The number of carbonyl (C=O) groups is 2. The summed E-state index contributed by atoms with van der Waals surface area (Å²) in [6.45, 7) is 3.99. The topological polar surface area (TPSA) is 66.4 Å². The third-order valence-electron chi connectivity index (χ3n) is 4.57. The molecule has 2 aromatic carbocycles. The molecule has 0 radical (unpaired) electrons. The van der Waals surface area contributed by atoms with E-state index in [2.05, 4.69) is 5.32 Å². The van der Waals surface area contributed by atoms with Crippen LogP contribution in [0.25, 0.3) is 11.1 Å². The molecule has 0 unspecified atom stereocenters. The van der Waals surface area contributed by atoms with E-state index in [0.717, 1.165) is 11.1 Å². The van der Waals surface area contributed by atoms with E-state index in [4.69, 9.17) is 11.6 Å². The number of carbonyl (C=O) groups excluding carboxylic acids is 1. The SMILES string of the molecule is CC(C)(CC(=O)Nc1scc(-c2ccc(Cl)cc2)c1C(=O)O)c1ccccc1. The highest BCUT2D eigenvalue weighted by Gasteiger charge is 2.26. The molecule has 0 spiro atoms. The molecule has 0 saturated carbocycles. The lowest BCUT2D eigenvalue weighted by Crippen LogP contribution is -2.26. The Kier molecular flexibility index (Phi) is 5.87. The fourth-order valence-electron chi connectivity index (χ4n) is 3.07. The van der Waals surface area contributed by atoms with E-state index in [1.807, 2.05) is 44.2 Å². The number of rotatable bonds is 6. The van der Waals surface area contributed by atoms with Gasteiger partial charge in [0, 0.05) is 22.4 Å². The van der Waals surface area contributed by atoms with E-state index in [0.29, 0.717) is 15.6 Å². The highest BCUT2D eigenvalue weighted by atomic mass is 35.5. The van der Waals surface area contributed by atoms with Gasteiger partial charge >= 0.3 is 5.97 Å². The molecule has 3 aromatic rings. The van der Waals surface area contributed by atoms with E-state index in [1.54, 1.807) is 29.6 Å². The first-order chi connectivity index (χ1) is 13.3. The van der Waals surface area contributed by atoms with Gasteiger partial charge in [-0.1, -0.05) is 67.9 Å². The van der Waals surface area contributed by atoms with Crippen molar-refractivity contribution in [3.8, 4) is 11.1 Å². The smallest absolute Gasteiger partial charge is 0.339 e. The number of thiophene rings is 1. The fourth-order valence-corrected chi connectivity index (χ4v) is 4.17. The van der Waals surface area contributed by atoms with Crippen LogP contribution in [0.2, 0.25) is 5.02 Å². The molecule has 3 rings (SSSR count). The van der Waals surface area contributed by atoms with Gasteiger partial charge in [-0.3, -0.25) is 4.79 Å². The molecule has 144 valence electrons. The van der Waals surface area contributed by atoms with Crippen LogP contribution in [0.3, 0.4) is 0 Å². The molecule has 2 N–H and O–H groups in total. The van der Waals surface area contributed by atoms with E-state index in [1.165, 1.54) is 11.3 Å². The number of hydrogen-bond acceptors (Lipinski definition) is 3. The van der Waals surface area contributed by atoms with Crippen LogP contribution in [0.15, 0.2) is 60.0 Å². The standard InChI is InChI=1S/C22H20ClNO3S/c1-22(2,15-6-4-3-5-7-15)12-18(25)24-20-19(21(26)27)17(13-28-20)14-8-10-16(23)11-9-14/h3-11,13H,12H2,1-2H3,(H,24,25)(H,26,27). The van der Waals surface area contributed by atoms with Gasteiger partial charge < -0.3 is 10.4 Å². The fraction of sp³-hybridized carbons (Fsp3) is 0.182. The summed E-state index contributed by atoms with van der Waals surface area (Å²) in [6.07, 6.45) is 0.240. The van der Waals surface area contributed by atoms with Crippen molar-refractivity contribution in [3.63, 3.8) is 0 Å². The Labute approximate surface area is 172 Å². The molecule has 0 aliphatic carbocycles. The van der Waals surface area contributed by atoms with E-state index < -0.39 is 5.97 Å². The number of nitrogens with one attached hydrogen (secondary N) is 1. The Morgan fingerprint density at radius 1 is 1.07 bits per heavy atom. The summed E-state index contributed by atoms with van der Waals surface area (Å²) in [6, 6.07) is 16.7. The summed E-state index contributed by atoms with van der Waals surface area (Å²) in [5.74, 6) is -1.30. The zero-order chi connectivity index (χ0) is 20.3. The lowest BCUT2D eigenvalue weighted by molar-refractivity contribution is -0.117. The third-order valence-corrected chi connectivity index (χ3v) is 5.72. The molecule has 0 bridgehead atoms. The van der Waals surface area contributed by atoms with Crippen LogP contribution < -0.4 is 5.32 Å². The number of hydrogen-bond donors (Lipinski definition) is 2. The first-order valence-corrected chi connectivity index (χ1v) is 10.00. The van der Waals surface area contributed by atoms with Gasteiger partial charge in [-0.2, -0.15) is 0 Å². The van der Waals surface area contributed by atoms with Gasteiger partial charge in [0.05, 0.1) is 0 Å². The second-order valence-corrected chi connectivity index (χ2v) is 8.46. The van der Waals surface area contributed by atoms with Crippen LogP contribution in [-0.2, 0) is 10.2 Å². The maximum atomic E-state index is 12.7. The van der Waals surface area contributed by atoms with Gasteiger partial charge in [-0.15, -0.1) is 11.3 Å². The molecule has 4 nitrogen and oxygen atoms in total. The number of carboxylic acid groups (broad SMARTS) is 1. The maximum Gasteiger partial charge on any atom is 0.339 e. The second-order valence-electron chi connectivity index (χ2n) is 7.14. The second kappa shape index (κ2) is 8.17. The Bertz CT molecular complexity index is 994. The lowest BCUT2D eigenvalue weighted by Gasteiger charge is -2.24. The molecular formula is C22H20ClNO3S. The van der Waals surface area contributed by atoms with Crippen molar-refractivity contribution in [2.45, 2.75) is 25.7 Å². The number of amides is 1. The quantitative estimate of drug-likeness (QED) is 0.515. The van der Waals surface area contributed by atoms with E-state index in [9.17, 15) is 14.7 Å². The molecule has 1 aromatic heterocycles. The minimum Gasteiger partial charge on any atom is -0.478 e. The number of carboxylic acids is 1. The summed E-state index contributed by atoms with van der Waals surface area (Å²) in [4.78, 5) is 24.5. The van der Waals surface area contributed by atoms with E-state index >= 15 is 0 Å². The van der Waals surface area contributed by atoms with Crippen LogP contribution in [0.1, 0.15) is 36.2 Å². The van der Waals surface area contributed by atoms with Crippen molar-refractivity contribution in [3.05, 3.63) is 76.1 Å².